The summed E-state index contributed by atoms with van der Waals surface area (Å²) in [6.45, 7) is 1.76. The van der Waals surface area contributed by atoms with Crippen LogP contribution >= 0.6 is 0 Å². The SMILES string of the molecule is COc1cc(NC(=O)c2cnn(-c3ccc(F)cc3)c2C)cc(OC)c1OC. The zero-order valence-corrected chi connectivity index (χ0v) is 15.9. The number of nitrogens with zero attached hydrogens (tertiary/aromatic N) is 2. The van der Waals surface area contributed by atoms with E-state index in [1.165, 1.54) is 39.7 Å². The molecule has 3 aromatic rings. The van der Waals surface area contributed by atoms with Gasteiger partial charge >= 0.3 is 0 Å². The zero-order valence-electron chi connectivity index (χ0n) is 15.9. The number of hydrogen-bond donors (Lipinski definition) is 1. The Morgan fingerprint density at radius 2 is 1.64 bits per heavy atom. The first-order chi connectivity index (χ1) is 13.5. The van der Waals surface area contributed by atoms with E-state index in [0.717, 1.165) is 0 Å². The maximum atomic E-state index is 13.1. The standard InChI is InChI=1S/C20H20FN3O4/c1-12-16(11-22-24(12)15-7-5-13(21)6-8-15)20(25)23-14-9-17(26-2)19(28-4)18(10-14)27-3/h5-11H,1-4H3,(H,23,25). The molecule has 146 valence electrons. The highest BCUT2D eigenvalue weighted by atomic mass is 19.1. The van der Waals surface area contributed by atoms with Crippen molar-refractivity contribution in [3.05, 3.63) is 59.7 Å². The van der Waals surface area contributed by atoms with E-state index in [9.17, 15) is 9.18 Å². The van der Waals surface area contributed by atoms with Gasteiger partial charge < -0.3 is 19.5 Å². The summed E-state index contributed by atoms with van der Waals surface area (Å²) in [5, 5.41) is 7.04. The molecule has 0 aliphatic carbocycles. The number of amides is 1. The maximum Gasteiger partial charge on any atom is 0.259 e. The molecule has 28 heavy (non-hydrogen) atoms. The van der Waals surface area contributed by atoms with E-state index in [1.54, 1.807) is 35.9 Å². The van der Waals surface area contributed by atoms with Gasteiger partial charge in [-0.1, -0.05) is 0 Å². The summed E-state index contributed by atoms with van der Waals surface area (Å²) in [4.78, 5) is 12.8. The number of anilines is 1. The summed E-state index contributed by atoms with van der Waals surface area (Å²) in [6, 6.07) is 9.14. The van der Waals surface area contributed by atoms with E-state index >= 15 is 0 Å². The smallest absolute Gasteiger partial charge is 0.259 e. The number of benzene rings is 2. The van der Waals surface area contributed by atoms with Gasteiger partial charge in [-0.3, -0.25) is 4.79 Å². The Morgan fingerprint density at radius 1 is 1.04 bits per heavy atom. The topological polar surface area (TPSA) is 74.6 Å². The molecule has 7 nitrogen and oxygen atoms in total. The highest BCUT2D eigenvalue weighted by molar-refractivity contribution is 6.05. The Bertz CT molecular complexity index is 974. The fourth-order valence-electron chi connectivity index (χ4n) is 2.83. The minimum absolute atomic E-state index is 0.339. The van der Waals surface area contributed by atoms with Gasteiger partial charge in [0.25, 0.3) is 5.91 Å². The first-order valence-corrected chi connectivity index (χ1v) is 8.40. The molecule has 0 saturated carbocycles. The van der Waals surface area contributed by atoms with Crippen LogP contribution in [-0.4, -0.2) is 37.0 Å². The first-order valence-electron chi connectivity index (χ1n) is 8.40. The minimum Gasteiger partial charge on any atom is -0.493 e. The van der Waals surface area contributed by atoms with Gasteiger partial charge in [0, 0.05) is 17.8 Å². The highest BCUT2D eigenvalue weighted by Gasteiger charge is 2.18. The molecular formula is C20H20FN3O4. The Labute approximate surface area is 161 Å². The average molecular weight is 385 g/mol. The van der Waals surface area contributed by atoms with Gasteiger partial charge in [-0.15, -0.1) is 0 Å². The molecule has 0 aliphatic heterocycles. The lowest BCUT2D eigenvalue weighted by atomic mass is 10.2. The molecule has 0 aliphatic rings. The van der Waals surface area contributed by atoms with E-state index in [1.807, 2.05) is 0 Å². The molecule has 1 N–H and O–H groups in total. The molecule has 0 spiro atoms. The lowest BCUT2D eigenvalue weighted by molar-refractivity contribution is 0.102. The monoisotopic (exact) mass is 385 g/mol. The summed E-state index contributed by atoms with van der Waals surface area (Å²) in [5.74, 6) is 0.601. The molecule has 0 atom stereocenters. The van der Waals surface area contributed by atoms with Crippen molar-refractivity contribution < 1.29 is 23.4 Å². The van der Waals surface area contributed by atoms with Crippen molar-refractivity contribution in [1.82, 2.24) is 9.78 Å². The van der Waals surface area contributed by atoms with Crippen LogP contribution in [0, 0.1) is 12.7 Å². The van der Waals surface area contributed by atoms with Crippen molar-refractivity contribution in [3.8, 4) is 22.9 Å². The third kappa shape index (κ3) is 3.62. The Morgan fingerprint density at radius 3 is 2.18 bits per heavy atom. The fraction of sp³-hybridized carbons (Fsp3) is 0.200. The largest absolute Gasteiger partial charge is 0.493 e. The Kier molecular flexibility index (Phi) is 5.49. The second-order valence-electron chi connectivity index (χ2n) is 5.90. The predicted octanol–water partition coefficient (Wildman–Crippen LogP) is 3.60. The number of hydrogen-bond acceptors (Lipinski definition) is 5. The molecule has 0 bridgehead atoms. The Balaban J connectivity index is 1.89. The van der Waals surface area contributed by atoms with Gasteiger partial charge in [-0.25, -0.2) is 9.07 Å². The minimum atomic E-state index is -0.347. The fourth-order valence-corrected chi connectivity index (χ4v) is 2.83. The van der Waals surface area contributed by atoms with E-state index < -0.39 is 0 Å². The van der Waals surface area contributed by atoms with Crippen molar-refractivity contribution >= 4 is 11.6 Å². The Hall–Kier alpha value is -3.55. The lowest BCUT2D eigenvalue weighted by Crippen LogP contribution is -2.13. The second-order valence-corrected chi connectivity index (χ2v) is 5.90. The van der Waals surface area contributed by atoms with E-state index in [2.05, 4.69) is 10.4 Å². The van der Waals surface area contributed by atoms with Gasteiger partial charge in [0.15, 0.2) is 11.5 Å². The normalized spacial score (nSPS) is 10.5. The van der Waals surface area contributed by atoms with Crippen LogP contribution in [0.2, 0.25) is 0 Å². The lowest BCUT2D eigenvalue weighted by Gasteiger charge is -2.14. The van der Waals surface area contributed by atoms with Crippen molar-refractivity contribution in [3.63, 3.8) is 0 Å². The van der Waals surface area contributed by atoms with Crippen molar-refractivity contribution in [2.75, 3.05) is 26.6 Å². The molecule has 1 aromatic heterocycles. The predicted molar refractivity (Wildman–Crippen MR) is 102 cm³/mol. The van der Waals surface area contributed by atoms with E-state index in [4.69, 9.17) is 14.2 Å². The number of ether oxygens (including phenoxy) is 3. The van der Waals surface area contributed by atoms with Gasteiger partial charge in [0.05, 0.1) is 44.5 Å². The molecule has 0 unspecified atom stereocenters. The summed E-state index contributed by atoms with van der Waals surface area (Å²) < 4.78 is 30.6. The number of carbonyl (C=O) groups excluding carboxylic acids is 1. The van der Waals surface area contributed by atoms with Gasteiger partial charge in [-0.05, 0) is 31.2 Å². The van der Waals surface area contributed by atoms with Gasteiger partial charge in [0.2, 0.25) is 5.75 Å². The van der Waals surface area contributed by atoms with Crippen LogP contribution in [0.3, 0.4) is 0 Å². The van der Waals surface area contributed by atoms with Crippen LogP contribution in [0.25, 0.3) is 5.69 Å². The summed E-state index contributed by atoms with van der Waals surface area (Å²) >= 11 is 0. The second kappa shape index (κ2) is 7.99. The van der Waals surface area contributed by atoms with Crippen LogP contribution in [0.5, 0.6) is 17.2 Å². The molecule has 0 radical (unpaired) electrons. The summed E-state index contributed by atoms with van der Waals surface area (Å²) in [5.41, 5.74) is 2.15. The molecule has 3 rings (SSSR count). The summed E-state index contributed by atoms with van der Waals surface area (Å²) in [6.07, 6.45) is 1.46. The molecule has 0 saturated heterocycles. The van der Waals surface area contributed by atoms with Crippen LogP contribution < -0.4 is 19.5 Å². The van der Waals surface area contributed by atoms with Crippen molar-refractivity contribution in [2.24, 2.45) is 0 Å². The molecule has 8 heteroatoms. The molecular weight excluding hydrogens is 365 g/mol. The molecule has 1 amide bonds. The first kappa shape index (κ1) is 19.2. The number of aromatic nitrogens is 2. The quantitative estimate of drug-likeness (QED) is 0.702. The number of carbonyl (C=O) groups is 1. The summed E-state index contributed by atoms with van der Waals surface area (Å²) in [7, 11) is 4.51. The van der Waals surface area contributed by atoms with Crippen LogP contribution in [0.4, 0.5) is 10.1 Å². The van der Waals surface area contributed by atoms with Crippen LogP contribution in [-0.2, 0) is 0 Å². The van der Waals surface area contributed by atoms with Crippen molar-refractivity contribution in [1.29, 1.82) is 0 Å². The van der Waals surface area contributed by atoms with E-state index in [-0.39, 0.29) is 11.7 Å². The van der Waals surface area contributed by atoms with Crippen molar-refractivity contribution in [2.45, 2.75) is 6.92 Å². The van der Waals surface area contributed by atoms with E-state index in [0.29, 0.717) is 39.9 Å². The maximum absolute atomic E-state index is 13.1. The third-order valence-corrected chi connectivity index (χ3v) is 4.25. The number of nitrogens with one attached hydrogen (secondary N) is 1. The zero-order chi connectivity index (χ0) is 20.3. The third-order valence-electron chi connectivity index (χ3n) is 4.25. The highest BCUT2D eigenvalue weighted by Crippen LogP contribution is 2.40. The molecule has 1 heterocycles. The van der Waals surface area contributed by atoms with Gasteiger partial charge in [0.1, 0.15) is 5.82 Å². The number of methoxy groups -OCH3 is 3. The van der Waals surface area contributed by atoms with Crippen LogP contribution in [0.15, 0.2) is 42.6 Å². The molecule has 0 fully saturated rings. The average Bonchev–Trinajstić information content (AvgIpc) is 3.09. The van der Waals surface area contributed by atoms with Gasteiger partial charge in [-0.2, -0.15) is 5.10 Å². The number of rotatable bonds is 6. The number of halogens is 1. The molecule has 2 aromatic carbocycles. The van der Waals surface area contributed by atoms with Crippen LogP contribution in [0.1, 0.15) is 16.1 Å².